The summed E-state index contributed by atoms with van der Waals surface area (Å²) in [6, 6.07) is -0.915. The fourth-order valence-electron chi connectivity index (χ4n) is 1.57. The van der Waals surface area contributed by atoms with Crippen LogP contribution in [0, 0.1) is 0 Å². The van der Waals surface area contributed by atoms with Gasteiger partial charge in [-0.15, -0.1) is 11.3 Å². The Morgan fingerprint density at radius 1 is 1.69 bits per heavy atom. The Bertz CT molecular complexity index is 410. The van der Waals surface area contributed by atoms with E-state index < -0.39 is 17.4 Å². The minimum absolute atomic E-state index is 0.607. The van der Waals surface area contributed by atoms with Gasteiger partial charge in [0.15, 0.2) is 0 Å². The smallest absolute Gasteiger partial charge is 0.321 e. The molecule has 1 aromatic rings. The highest BCUT2D eigenvalue weighted by molar-refractivity contribution is 7.09. The molecule has 88 valence electrons. The third-order valence-electron chi connectivity index (χ3n) is 3.15. The van der Waals surface area contributed by atoms with Gasteiger partial charge in [-0.1, -0.05) is 13.8 Å². The Morgan fingerprint density at radius 3 is 2.81 bits per heavy atom. The maximum absolute atomic E-state index is 10.9. The third kappa shape index (κ3) is 1.97. The summed E-state index contributed by atoms with van der Waals surface area (Å²) >= 11 is 1.62. The van der Waals surface area contributed by atoms with Crippen LogP contribution in [0.15, 0.2) is 5.38 Å². The molecule has 0 aliphatic heterocycles. The average Bonchev–Trinajstić information content (AvgIpc) is 2.94. The molecule has 0 saturated heterocycles. The molecule has 2 rings (SSSR count). The third-order valence-corrected chi connectivity index (χ3v) is 4.16. The zero-order valence-electron chi connectivity index (χ0n) is 9.43. The molecule has 1 saturated carbocycles. The van der Waals surface area contributed by atoms with E-state index >= 15 is 0 Å². The summed E-state index contributed by atoms with van der Waals surface area (Å²) in [6.07, 6.45) is 2.41. The first-order chi connectivity index (χ1) is 7.43. The van der Waals surface area contributed by atoms with Crippen molar-refractivity contribution in [2.75, 3.05) is 0 Å². The van der Waals surface area contributed by atoms with Crippen molar-refractivity contribution in [3.63, 3.8) is 0 Å². The molecular formula is C11H16N2O2S. The van der Waals surface area contributed by atoms with Gasteiger partial charge in [0, 0.05) is 16.7 Å². The molecule has 3 N–H and O–H groups in total. The van der Waals surface area contributed by atoms with Gasteiger partial charge in [0.1, 0.15) is 6.04 Å². The van der Waals surface area contributed by atoms with Crippen LogP contribution in [0.5, 0.6) is 0 Å². The SMILES string of the molecule is CC(C)(c1csc(C2CC2)n1)C(N)C(=O)O. The maximum Gasteiger partial charge on any atom is 0.321 e. The van der Waals surface area contributed by atoms with Gasteiger partial charge in [0.2, 0.25) is 0 Å². The van der Waals surface area contributed by atoms with E-state index in [0.717, 1.165) is 10.7 Å². The molecule has 1 heterocycles. The summed E-state index contributed by atoms with van der Waals surface area (Å²) in [5.74, 6) is -0.374. The number of hydrogen-bond acceptors (Lipinski definition) is 4. The Labute approximate surface area is 98.5 Å². The fraction of sp³-hybridized carbons (Fsp3) is 0.636. The number of rotatable bonds is 4. The predicted octanol–water partition coefficient (Wildman–Crippen LogP) is 1.71. The molecule has 1 unspecified atom stereocenters. The highest BCUT2D eigenvalue weighted by Crippen LogP contribution is 2.42. The van der Waals surface area contributed by atoms with Gasteiger partial charge in [0.25, 0.3) is 0 Å². The summed E-state index contributed by atoms with van der Waals surface area (Å²) in [5.41, 5.74) is 5.88. The van der Waals surface area contributed by atoms with Crippen molar-refractivity contribution in [2.45, 2.75) is 44.1 Å². The highest BCUT2D eigenvalue weighted by atomic mass is 32.1. The first-order valence-electron chi connectivity index (χ1n) is 5.37. The van der Waals surface area contributed by atoms with E-state index in [0.29, 0.717) is 5.92 Å². The van der Waals surface area contributed by atoms with Crippen LogP contribution in [-0.2, 0) is 10.2 Å². The fourth-order valence-corrected chi connectivity index (χ4v) is 2.74. The Kier molecular flexibility index (Phi) is 2.75. The zero-order valence-corrected chi connectivity index (χ0v) is 10.3. The topological polar surface area (TPSA) is 76.2 Å². The molecule has 0 radical (unpaired) electrons. The number of aromatic nitrogens is 1. The largest absolute Gasteiger partial charge is 0.480 e. The Hall–Kier alpha value is -0.940. The van der Waals surface area contributed by atoms with E-state index in [1.807, 2.05) is 19.2 Å². The van der Waals surface area contributed by atoms with Crippen LogP contribution in [0.25, 0.3) is 0 Å². The molecule has 1 aliphatic carbocycles. The summed E-state index contributed by atoms with van der Waals surface area (Å²) in [6.45, 7) is 3.66. The van der Waals surface area contributed by atoms with Crippen molar-refractivity contribution >= 4 is 17.3 Å². The first kappa shape index (κ1) is 11.5. The van der Waals surface area contributed by atoms with Gasteiger partial charge in [0.05, 0.1) is 10.7 Å². The van der Waals surface area contributed by atoms with Gasteiger partial charge >= 0.3 is 5.97 Å². The highest BCUT2D eigenvalue weighted by Gasteiger charge is 2.37. The molecule has 0 amide bonds. The van der Waals surface area contributed by atoms with E-state index in [2.05, 4.69) is 4.98 Å². The molecule has 16 heavy (non-hydrogen) atoms. The molecule has 1 aromatic heterocycles. The maximum atomic E-state index is 10.9. The normalized spacial score (nSPS) is 18.4. The van der Waals surface area contributed by atoms with Crippen LogP contribution >= 0.6 is 11.3 Å². The lowest BCUT2D eigenvalue weighted by atomic mass is 9.82. The van der Waals surface area contributed by atoms with Crippen molar-refractivity contribution < 1.29 is 9.90 Å². The number of hydrogen-bond donors (Lipinski definition) is 2. The van der Waals surface area contributed by atoms with E-state index in [-0.39, 0.29) is 0 Å². The molecule has 0 bridgehead atoms. The second kappa shape index (κ2) is 3.82. The molecule has 1 aliphatic rings. The molecule has 0 spiro atoms. The van der Waals surface area contributed by atoms with Crippen molar-refractivity contribution in [2.24, 2.45) is 5.73 Å². The molecule has 1 atom stereocenters. The number of aliphatic carboxylic acids is 1. The lowest BCUT2D eigenvalue weighted by molar-refractivity contribution is -0.140. The number of nitrogens with zero attached hydrogens (tertiary/aromatic N) is 1. The van der Waals surface area contributed by atoms with Crippen LogP contribution < -0.4 is 5.73 Å². The van der Waals surface area contributed by atoms with E-state index in [1.54, 1.807) is 11.3 Å². The van der Waals surface area contributed by atoms with Crippen LogP contribution in [-0.4, -0.2) is 22.1 Å². The second-order valence-electron chi connectivity index (χ2n) is 4.88. The first-order valence-corrected chi connectivity index (χ1v) is 6.25. The van der Waals surface area contributed by atoms with Gasteiger partial charge in [-0.25, -0.2) is 4.98 Å². The number of carboxylic acid groups (broad SMARTS) is 1. The lowest BCUT2D eigenvalue weighted by Gasteiger charge is -2.26. The van der Waals surface area contributed by atoms with Gasteiger partial charge < -0.3 is 10.8 Å². The molecular weight excluding hydrogens is 224 g/mol. The molecule has 1 fully saturated rings. The summed E-state index contributed by atoms with van der Waals surface area (Å²) in [5, 5.41) is 12.0. The second-order valence-corrected chi connectivity index (χ2v) is 5.77. The molecule has 4 nitrogen and oxygen atoms in total. The number of nitrogens with two attached hydrogens (primary N) is 1. The minimum Gasteiger partial charge on any atom is -0.480 e. The number of carboxylic acids is 1. The van der Waals surface area contributed by atoms with Gasteiger partial charge in [-0.05, 0) is 12.8 Å². The van der Waals surface area contributed by atoms with Crippen molar-refractivity contribution in [3.05, 3.63) is 16.1 Å². The molecule has 5 heteroatoms. The predicted molar refractivity (Wildman–Crippen MR) is 62.7 cm³/mol. The van der Waals surface area contributed by atoms with Crippen molar-refractivity contribution in [1.82, 2.24) is 4.98 Å². The average molecular weight is 240 g/mol. The van der Waals surface area contributed by atoms with Crippen LogP contribution in [0.4, 0.5) is 0 Å². The zero-order chi connectivity index (χ0) is 11.9. The summed E-state index contributed by atoms with van der Waals surface area (Å²) in [4.78, 5) is 15.4. The quantitative estimate of drug-likeness (QED) is 0.840. The standard InChI is InChI=1S/C11H16N2O2S/c1-11(2,8(12)10(14)15)7-5-16-9(13-7)6-3-4-6/h5-6,8H,3-4,12H2,1-2H3,(H,14,15). The monoisotopic (exact) mass is 240 g/mol. The van der Waals surface area contributed by atoms with Gasteiger partial charge in [-0.3, -0.25) is 4.79 Å². The summed E-state index contributed by atoms with van der Waals surface area (Å²) < 4.78 is 0. The Morgan fingerprint density at radius 2 is 2.31 bits per heavy atom. The number of carbonyl (C=O) groups is 1. The van der Waals surface area contributed by atoms with E-state index in [4.69, 9.17) is 10.8 Å². The minimum atomic E-state index is -0.981. The Balaban J connectivity index is 2.23. The van der Waals surface area contributed by atoms with Crippen LogP contribution in [0.2, 0.25) is 0 Å². The van der Waals surface area contributed by atoms with E-state index in [1.165, 1.54) is 12.8 Å². The van der Waals surface area contributed by atoms with Gasteiger partial charge in [-0.2, -0.15) is 0 Å². The van der Waals surface area contributed by atoms with Crippen LogP contribution in [0.3, 0.4) is 0 Å². The van der Waals surface area contributed by atoms with E-state index in [9.17, 15) is 4.79 Å². The van der Waals surface area contributed by atoms with Crippen molar-refractivity contribution in [3.8, 4) is 0 Å². The summed E-state index contributed by atoms with van der Waals surface area (Å²) in [7, 11) is 0. The lowest BCUT2D eigenvalue weighted by Crippen LogP contribution is -2.47. The van der Waals surface area contributed by atoms with Crippen molar-refractivity contribution in [1.29, 1.82) is 0 Å². The molecule has 0 aromatic carbocycles. The number of thiazole rings is 1. The van der Waals surface area contributed by atoms with Crippen LogP contribution in [0.1, 0.15) is 43.3 Å².